The van der Waals surface area contributed by atoms with Crippen molar-refractivity contribution in [2.24, 2.45) is 16.8 Å². The highest BCUT2D eigenvalue weighted by atomic mass is 16.7. The number of hydroxylamine groups is 2. The molecule has 9 heteroatoms. The highest BCUT2D eigenvalue weighted by Gasteiger charge is 2.40. The number of ether oxygens (including phenoxy) is 1. The van der Waals surface area contributed by atoms with Gasteiger partial charge in [0.1, 0.15) is 11.8 Å². The molecule has 9 nitrogen and oxygen atoms in total. The van der Waals surface area contributed by atoms with Gasteiger partial charge in [-0.15, -0.1) is 0 Å². The second kappa shape index (κ2) is 13.7. The van der Waals surface area contributed by atoms with Crippen molar-refractivity contribution in [3.63, 3.8) is 0 Å². The molecule has 1 saturated carbocycles. The van der Waals surface area contributed by atoms with E-state index in [0.29, 0.717) is 35.9 Å². The van der Waals surface area contributed by atoms with Crippen molar-refractivity contribution in [1.29, 1.82) is 0 Å². The Hall–Kier alpha value is -3.56. The van der Waals surface area contributed by atoms with Gasteiger partial charge in [-0.2, -0.15) is 5.06 Å². The van der Waals surface area contributed by atoms with Gasteiger partial charge in [0.05, 0.1) is 25.8 Å². The molecule has 1 aliphatic carbocycles. The van der Waals surface area contributed by atoms with Crippen molar-refractivity contribution in [1.82, 2.24) is 10.4 Å². The molecule has 2 aliphatic rings. The molecule has 40 heavy (non-hydrogen) atoms. The third-order valence-corrected chi connectivity index (χ3v) is 8.09. The van der Waals surface area contributed by atoms with Crippen LogP contribution in [-0.2, 0) is 16.2 Å². The number of hydrogen-bond donors (Lipinski definition) is 2. The number of carboxylic acids is 1. The molecule has 1 unspecified atom stereocenters. The van der Waals surface area contributed by atoms with Gasteiger partial charge in [0, 0.05) is 29.2 Å². The highest BCUT2D eigenvalue weighted by Crippen LogP contribution is 2.37. The van der Waals surface area contributed by atoms with Crippen LogP contribution in [0.15, 0.2) is 41.4 Å². The van der Waals surface area contributed by atoms with Crippen molar-refractivity contribution in [2.75, 3.05) is 20.3 Å². The fourth-order valence-corrected chi connectivity index (χ4v) is 5.85. The summed E-state index contributed by atoms with van der Waals surface area (Å²) in [4.78, 5) is 47.1. The summed E-state index contributed by atoms with van der Waals surface area (Å²) in [6.07, 6.45) is 7.86. The minimum absolute atomic E-state index is 0.00129. The smallest absolute Gasteiger partial charge is 0.335 e. The van der Waals surface area contributed by atoms with Gasteiger partial charge in [-0.3, -0.25) is 14.4 Å². The van der Waals surface area contributed by atoms with Gasteiger partial charge in [-0.05, 0) is 49.2 Å². The third kappa shape index (κ3) is 6.77. The summed E-state index contributed by atoms with van der Waals surface area (Å²) in [6.45, 7) is 6.63. The Morgan fingerprint density at radius 3 is 2.58 bits per heavy atom. The minimum Gasteiger partial charge on any atom is -0.496 e. The molecule has 1 aliphatic heterocycles. The van der Waals surface area contributed by atoms with Crippen LogP contribution >= 0.6 is 0 Å². The first-order valence-corrected chi connectivity index (χ1v) is 14.1. The summed E-state index contributed by atoms with van der Waals surface area (Å²) in [6, 6.07) is 9.61. The maximum absolute atomic E-state index is 13.1. The van der Waals surface area contributed by atoms with Gasteiger partial charge in [0.2, 0.25) is 0 Å². The largest absolute Gasteiger partial charge is 0.496 e. The van der Waals surface area contributed by atoms with Gasteiger partial charge in [-0.25, -0.2) is 9.79 Å². The van der Waals surface area contributed by atoms with Gasteiger partial charge < -0.3 is 15.2 Å². The Morgan fingerprint density at radius 1 is 1.15 bits per heavy atom. The van der Waals surface area contributed by atoms with E-state index in [2.05, 4.69) is 17.0 Å². The third-order valence-electron chi connectivity index (χ3n) is 8.09. The van der Waals surface area contributed by atoms with Gasteiger partial charge in [0.25, 0.3) is 11.8 Å². The Morgan fingerprint density at radius 2 is 1.90 bits per heavy atom. The molecule has 4 rings (SSSR count). The van der Waals surface area contributed by atoms with E-state index in [1.165, 1.54) is 51.3 Å². The van der Waals surface area contributed by atoms with E-state index in [1.54, 1.807) is 11.1 Å². The molecule has 0 spiro atoms. The fraction of sp³-hybridized carbons (Fsp3) is 0.484. The molecular formula is C31H39N3O6. The molecule has 2 aromatic carbocycles. The van der Waals surface area contributed by atoms with E-state index >= 15 is 0 Å². The summed E-state index contributed by atoms with van der Waals surface area (Å²) in [7, 11) is 1.54. The number of para-hydroxylation sites is 1. The van der Waals surface area contributed by atoms with E-state index in [0.717, 1.165) is 18.4 Å². The Kier molecular flexibility index (Phi) is 10.1. The van der Waals surface area contributed by atoms with Crippen LogP contribution in [0, 0.1) is 11.8 Å². The summed E-state index contributed by atoms with van der Waals surface area (Å²) in [5.41, 5.74) is 2.22. The average molecular weight is 550 g/mol. The lowest BCUT2D eigenvalue weighted by Gasteiger charge is -2.24. The SMILES string of the molecule is C=NC(=O)[C@@H]1C(CC)CON1Cc1cccc(-c2cc(C(=O)O)cc(C(=O)NCCC3CCCCC3)c2)c1OC. The molecule has 2 fully saturated rings. The number of carbonyl (C=O) groups is 3. The predicted molar refractivity (Wildman–Crippen MR) is 153 cm³/mol. The molecular weight excluding hydrogens is 510 g/mol. The minimum atomic E-state index is -1.12. The maximum atomic E-state index is 13.1. The van der Waals surface area contributed by atoms with Crippen molar-refractivity contribution < 1.29 is 29.1 Å². The van der Waals surface area contributed by atoms with E-state index < -0.39 is 12.0 Å². The van der Waals surface area contributed by atoms with Gasteiger partial charge in [-0.1, -0.05) is 57.2 Å². The first-order chi connectivity index (χ1) is 19.4. The van der Waals surface area contributed by atoms with Crippen molar-refractivity contribution >= 4 is 24.5 Å². The van der Waals surface area contributed by atoms with Crippen LogP contribution < -0.4 is 10.1 Å². The van der Waals surface area contributed by atoms with E-state index in [4.69, 9.17) is 9.57 Å². The molecule has 214 valence electrons. The van der Waals surface area contributed by atoms with E-state index in [1.807, 2.05) is 25.1 Å². The standard InChI is InChI=1S/C31H39N3O6/c1-4-21-19-40-34(27(21)30(36)32-2)18-22-11-8-12-26(28(22)39-3)23-15-24(17-25(16-23)31(37)38)29(35)33-14-13-20-9-6-5-7-10-20/h8,11-12,15-17,20-21,27H,2,4-7,9-10,13-14,18-19H2,1,3H3,(H,33,35)(H,37,38)/t21?,27-/m0/s1. The monoisotopic (exact) mass is 549 g/mol. The summed E-state index contributed by atoms with van der Waals surface area (Å²) >= 11 is 0. The second-order valence-electron chi connectivity index (χ2n) is 10.6. The summed E-state index contributed by atoms with van der Waals surface area (Å²) in [5, 5.41) is 14.4. The average Bonchev–Trinajstić information content (AvgIpc) is 3.39. The molecule has 2 aromatic rings. The molecule has 0 radical (unpaired) electrons. The topological polar surface area (TPSA) is 118 Å². The zero-order valence-corrected chi connectivity index (χ0v) is 23.4. The lowest BCUT2D eigenvalue weighted by molar-refractivity contribution is -0.154. The number of aliphatic imine (C=N–C) groups is 1. The van der Waals surface area contributed by atoms with Crippen LogP contribution in [0.2, 0.25) is 0 Å². The van der Waals surface area contributed by atoms with Gasteiger partial charge in [0.15, 0.2) is 0 Å². The molecule has 2 atom stereocenters. The zero-order chi connectivity index (χ0) is 28.6. The molecule has 2 N–H and O–H groups in total. The number of methoxy groups -OCH3 is 1. The number of carbonyl (C=O) groups excluding carboxylic acids is 2. The highest BCUT2D eigenvalue weighted by molar-refractivity contribution is 5.99. The lowest BCUT2D eigenvalue weighted by Crippen LogP contribution is -2.38. The number of rotatable bonds is 11. The zero-order valence-electron chi connectivity index (χ0n) is 23.4. The molecule has 2 amide bonds. The summed E-state index contributed by atoms with van der Waals surface area (Å²) < 4.78 is 5.80. The van der Waals surface area contributed by atoms with Crippen LogP contribution in [0.4, 0.5) is 0 Å². The lowest BCUT2D eigenvalue weighted by atomic mass is 9.87. The molecule has 0 aromatic heterocycles. The Labute approximate surface area is 235 Å². The normalized spacial score (nSPS) is 19.8. The van der Waals surface area contributed by atoms with Crippen LogP contribution in [-0.4, -0.2) is 61.0 Å². The molecule has 1 heterocycles. The number of amides is 2. The first-order valence-electron chi connectivity index (χ1n) is 14.1. The Bertz CT molecular complexity index is 1240. The number of hydrogen-bond acceptors (Lipinski definition) is 6. The van der Waals surface area contributed by atoms with E-state index in [9.17, 15) is 19.5 Å². The quantitative estimate of drug-likeness (QED) is 0.373. The van der Waals surface area contributed by atoms with Crippen LogP contribution in [0.3, 0.4) is 0 Å². The predicted octanol–water partition coefficient (Wildman–Crippen LogP) is 5.13. The molecule has 1 saturated heterocycles. The van der Waals surface area contributed by atoms with Crippen LogP contribution in [0.1, 0.15) is 78.1 Å². The number of benzene rings is 2. The summed E-state index contributed by atoms with van der Waals surface area (Å²) in [5.74, 6) is -0.625. The maximum Gasteiger partial charge on any atom is 0.335 e. The number of aromatic carboxylic acids is 1. The number of nitrogens with zero attached hydrogens (tertiary/aromatic N) is 2. The first kappa shape index (κ1) is 29.4. The second-order valence-corrected chi connectivity index (χ2v) is 10.6. The van der Waals surface area contributed by atoms with Crippen LogP contribution in [0.25, 0.3) is 11.1 Å². The number of nitrogens with one attached hydrogen (secondary N) is 1. The number of carboxylic acid groups (broad SMARTS) is 1. The van der Waals surface area contributed by atoms with Crippen molar-refractivity contribution in [3.8, 4) is 16.9 Å². The Balaban J connectivity index is 1.60. The fourth-order valence-electron chi connectivity index (χ4n) is 5.85. The van der Waals surface area contributed by atoms with E-state index in [-0.39, 0.29) is 35.4 Å². The van der Waals surface area contributed by atoms with Crippen LogP contribution in [0.5, 0.6) is 5.75 Å². The molecule has 0 bridgehead atoms. The van der Waals surface area contributed by atoms with Crippen molar-refractivity contribution in [3.05, 3.63) is 53.1 Å². The van der Waals surface area contributed by atoms with Gasteiger partial charge >= 0.3 is 5.97 Å². The van der Waals surface area contributed by atoms with Crippen molar-refractivity contribution in [2.45, 2.75) is 64.5 Å².